The molecule has 1 unspecified atom stereocenters. The van der Waals surface area contributed by atoms with E-state index in [1.807, 2.05) is 4.90 Å². The van der Waals surface area contributed by atoms with Gasteiger partial charge >= 0.3 is 0 Å². The molecule has 1 fully saturated rings. The number of likely N-dealkylation sites (tertiary alicyclic amines) is 1. The summed E-state index contributed by atoms with van der Waals surface area (Å²) in [6.45, 7) is 1.72. The summed E-state index contributed by atoms with van der Waals surface area (Å²) in [5.74, 6) is 1.20. The van der Waals surface area contributed by atoms with E-state index in [-0.39, 0.29) is 12.5 Å². The summed E-state index contributed by atoms with van der Waals surface area (Å²) in [5, 5.41) is 9.65. The summed E-state index contributed by atoms with van der Waals surface area (Å²) in [6.07, 6.45) is 3.16. The molecule has 1 aliphatic heterocycles. The van der Waals surface area contributed by atoms with Crippen molar-refractivity contribution in [2.45, 2.75) is 25.7 Å². The highest BCUT2D eigenvalue weighted by molar-refractivity contribution is 6.30. The van der Waals surface area contributed by atoms with Crippen molar-refractivity contribution in [3.63, 3.8) is 0 Å². The van der Waals surface area contributed by atoms with Crippen LogP contribution in [0.1, 0.15) is 24.8 Å². The van der Waals surface area contributed by atoms with Crippen molar-refractivity contribution in [1.29, 1.82) is 0 Å². The first kappa shape index (κ1) is 16.1. The third kappa shape index (κ3) is 4.35. The van der Waals surface area contributed by atoms with Crippen molar-refractivity contribution in [2.75, 3.05) is 26.8 Å². The maximum atomic E-state index is 12.5. The van der Waals surface area contributed by atoms with Gasteiger partial charge in [-0.1, -0.05) is 11.6 Å². The number of halogens is 1. The second-order valence-corrected chi connectivity index (χ2v) is 5.93. The molecule has 5 heteroatoms. The van der Waals surface area contributed by atoms with Crippen molar-refractivity contribution >= 4 is 17.5 Å². The zero-order valence-electron chi connectivity index (χ0n) is 12.3. The Labute approximate surface area is 130 Å². The smallest absolute Gasteiger partial charge is 0.227 e. The average molecular weight is 312 g/mol. The Morgan fingerprint density at radius 1 is 1.52 bits per heavy atom. The van der Waals surface area contributed by atoms with E-state index in [4.69, 9.17) is 21.4 Å². The van der Waals surface area contributed by atoms with Gasteiger partial charge in [0.25, 0.3) is 0 Å². The molecule has 1 saturated heterocycles. The summed E-state index contributed by atoms with van der Waals surface area (Å²) in [4.78, 5) is 14.4. The molecule has 1 aromatic rings. The molecule has 0 saturated carbocycles. The maximum absolute atomic E-state index is 12.5. The van der Waals surface area contributed by atoms with Gasteiger partial charge in [-0.15, -0.1) is 0 Å². The van der Waals surface area contributed by atoms with Crippen LogP contribution in [0.5, 0.6) is 5.75 Å². The lowest BCUT2D eigenvalue weighted by Gasteiger charge is -2.32. The molecular formula is C16H22ClNO3. The van der Waals surface area contributed by atoms with Crippen LogP contribution in [0.2, 0.25) is 5.02 Å². The van der Waals surface area contributed by atoms with Crippen LogP contribution in [0.15, 0.2) is 18.2 Å². The third-order valence-electron chi connectivity index (χ3n) is 3.99. The van der Waals surface area contributed by atoms with Crippen LogP contribution in [0.4, 0.5) is 0 Å². The topological polar surface area (TPSA) is 49.8 Å². The van der Waals surface area contributed by atoms with Gasteiger partial charge in [0.2, 0.25) is 5.91 Å². The Morgan fingerprint density at radius 3 is 3.05 bits per heavy atom. The van der Waals surface area contributed by atoms with E-state index >= 15 is 0 Å². The summed E-state index contributed by atoms with van der Waals surface area (Å²) in [6, 6.07) is 5.33. The van der Waals surface area contributed by atoms with E-state index in [0.29, 0.717) is 23.1 Å². The predicted octanol–water partition coefficient (Wildman–Crippen LogP) is 2.51. The summed E-state index contributed by atoms with van der Waals surface area (Å²) < 4.78 is 5.29. The quantitative estimate of drug-likeness (QED) is 0.909. The lowest BCUT2D eigenvalue weighted by molar-refractivity contribution is -0.132. The molecule has 2 rings (SSSR count). The number of carbonyl (C=O) groups excluding carboxylic acids is 1. The van der Waals surface area contributed by atoms with Crippen LogP contribution in [-0.2, 0) is 11.2 Å². The third-order valence-corrected chi connectivity index (χ3v) is 4.23. The van der Waals surface area contributed by atoms with Crippen molar-refractivity contribution in [1.82, 2.24) is 4.90 Å². The Bertz CT molecular complexity index is 490. The number of aliphatic hydroxyl groups is 1. The number of carbonyl (C=O) groups is 1. The molecule has 0 aromatic heterocycles. The van der Waals surface area contributed by atoms with Gasteiger partial charge in [0, 0.05) is 30.3 Å². The number of amides is 1. The number of ether oxygens (including phenoxy) is 1. The van der Waals surface area contributed by atoms with Gasteiger partial charge in [0.05, 0.1) is 13.5 Å². The molecule has 4 nitrogen and oxygen atoms in total. The highest BCUT2D eigenvalue weighted by Crippen LogP contribution is 2.25. The largest absolute Gasteiger partial charge is 0.496 e. The molecule has 21 heavy (non-hydrogen) atoms. The van der Waals surface area contributed by atoms with Crippen LogP contribution < -0.4 is 4.74 Å². The summed E-state index contributed by atoms with van der Waals surface area (Å²) >= 11 is 6.00. The molecule has 1 aliphatic rings. The number of nitrogens with zero attached hydrogens (tertiary/aromatic N) is 1. The molecule has 1 aromatic carbocycles. The molecule has 0 spiro atoms. The standard InChI is InChI=1S/C16H22ClNO3/c1-21-15-5-4-14(17)9-13(15)10-16(20)18-7-2-3-12(11-18)6-8-19/h4-5,9,12,19H,2-3,6-8,10-11H2,1H3. The van der Waals surface area contributed by atoms with Gasteiger partial charge in [-0.25, -0.2) is 0 Å². The van der Waals surface area contributed by atoms with E-state index in [2.05, 4.69) is 0 Å². The highest BCUT2D eigenvalue weighted by Gasteiger charge is 2.24. The van der Waals surface area contributed by atoms with Gasteiger partial charge < -0.3 is 14.7 Å². The number of methoxy groups -OCH3 is 1. The van der Waals surface area contributed by atoms with Crippen molar-refractivity contribution in [3.05, 3.63) is 28.8 Å². The van der Waals surface area contributed by atoms with Crippen molar-refractivity contribution < 1.29 is 14.6 Å². The lowest BCUT2D eigenvalue weighted by Crippen LogP contribution is -2.41. The van der Waals surface area contributed by atoms with E-state index in [0.717, 1.165) is 37.9 Å². The van der Waals surface area contributed by atoms with Crippen LogP contribution in [0.3, 0.4) is 0 Å². The molecule has 1 amide bonds. The molecule has 116 valence electrons. The highest BCUT2D eigenvalue weighted by atomic mass is 35.5. The number of hydrogen-bond acceptors (Lipinski definition) is 3. The van der Waals surface area contributed by atoms with Gasteiger partial charge in [0.1, 0.15) is 5.75 Å². The number of benzene rings is 1. The minimum Gasteiger partial charge on any atom is -0.496 e. The fourth-order valence-electron chi connectivity index (χ4n) is 2.87. The van der Waals surface area contributed by atoms with Crippen LogP contribution >= 0.6 is 11.6 Å². The first-order chi connectivity index (χ1) is 10.1. The minimum absolute atomic E-state index is 0.0956. The Kier molecular flexibility index (Phi) is 5.88. The zero-order valence-corrected chi connectivity index (χ0v) is 13.1. The monoisotopic (exact) mass is 311 g/mol. The second kappa shape index (κ2) is 7.66. The van der Waals surface area contributed by atoms with E-state index in [1.54, 1.807) is 25.3 Å². The summed E-state index contributed by atoms with van der Waals surface area (Å²) in [7, 11) is 1.59. The Hall–Kier alpha value is -1.26. The Balaban J connectivity index is 2.02. The Morgan fingerprint density at radius 2 is 2.33 bits per heavy atom. The predicted molar refractivity (Wildman–Crippen MR) is 82.7 cm³/mol. The van der Waals surface area contributed by atoms with Crippen molar-refractivity contribution in [3.8, 4) is 5.75 Å². The summed E-state index contributed by atoms with van der Waals surface area (Å²) in [5.41, 5.74) is 0.819. The number of rotatable bonds is 5. The van der Waals surface area contributed by atoms with Gasteiger partial charge in [-0.2, -0.15) is 0 Å². The zero-order chi connectivity index (χ0) is 15.2. The second-order valence-electron chi connectivity index (χ2n) is 5.49. The van der Waals surface area contributed by atoms with Crippen LogP contribution in [0, 0.1) is 5.92 Å². The fourth-order valence-corrected chi connectivity index (χ4v) is 3.06. The van der Waals surface area contributed by atoms with Crippen molar-refractivity contribution in [2.24, 2.45) is 5.92 Å². The maximum Gasteiger partial charge on any atom is 0.227 e. The average Bonchev–Trinajstić information content (AvgIpc) is 2.48. The molecule has 1 N–H and O–H groups in total. The molecular weight excluding hydrogens is 290 g/mol. The number of piperidine rings is 1. The van der Waals surface area contributed by atoms with E-state index < -0.39 is 0 Å². The number of hydrogen-bond donors (Lipinski definition) is 1. The molecule has 0 radical (unpaired) electrons. The first-order valence-corrected chi connectivity index (χ1v) is 7.73. The van der Waals surface area contributed by atoms with Gasteiger partial charge in [-0.3, -0.25) is 4.79 Å². The van der Waals surface area contributed by atoms with Gasteiger partial charge in [0.15, 0.2) is 0 Å². The minimum atomic E-state index is 0.0956. The molecule has 1 atom stereocenters. The van der Waals surface area contributed by atoms with E-state index in [9.17, 15) is 4.79 Å². The number of aliphatic hydroxyl groups excluding tert-OH is 1. The molecule has 0 bridgehead atoms. The normalized spacial score (nSPS) is 18.6. The van der Waals surface area contributed by atoms with E-state index in [1.165, 1.54) is 0 Å². The van der Waals surface area contributed by atoms with Gasteiger partial charge in [-0.05, 0) is 43.4 Å². The SMILES string of the molecule is COc1ccc(Cl)cc1CC(=O)N1CCCC(CCO)C1. The van der Waals surface area contributed by atoms with Crippen LogP contribution in [-0.4, -0.2) is 42.7 Å². The molecule has 1 heterocycles. The molecule has 0 aliphatic carbocycles. The first-order valence-electron chi connectivity index (χ1n) is 7.35. The lowest BCUT2D eigenvalue weighted by atomic mass is 9.94. The van der Waals surface area contributed by atoms with Crippen LogP contribution in [0.25, 0.3) is 0 Å². The fraction of sp³-hybridized carbons (Fsp3) is 0.562.